The van der Waals surface area contributed by atoms with Crippen LogP contribution in [0.2, 0.25) is 0 Å². The van der Waals surface area contributed by atoms with Crippen molar-refractivity contribution in [2.75, 3.05) is 0 Å². The van der Waals surface area contributed by atoms with Crippen LogP contribution in [0.1, 0.15) is 18.9 Å². The van der Waals surface area contributed by atoms with Gasteiger partial charge >= 0.3 is 11.9 Å². The number of rotatable bonds is 4. The Hall–Kier alpha value is -1.84. The smallest absolute Gasteiger partial charge is 0.325 e. The molecule has 1 rings (SSSR count). The van der Waals surface area contributed by atoms with Gasteiger partial charge in [-0.2, -0.15) is 0 Å². The third kappa shape index (κ3) is 1.70. The molecule has 80 valence electrons. The molecule has 0 aliphatic carbocycles. The molecular weight excluding hydrogens is 196 g/mol. The number of benzene rings is 1. The van der Waals surface area contributed by atoms with Crippen molar-refractivity contribution in [2.45, 2.75) is 18.8 Å². The number of hydrogen-bond acceptors (Lipinski definition) is 2. The van der Waals surface area contributed by atoms with Crippen LogP contribution in [0.4, 0.5) is 0 Å². The quantitative estimate of drug-likeness (QED) is 0.735. The summed E-state index contributed by atoms with van der Waals surface area (Å²) in [7, 11) is 0. The van der Waals surface area contributed by atoms with Crippen LogP contribution < -0.4 is 0 Å². The van der Waals surface area contributed by atoms with Gasteiger partial charge in [0.1, 0.15) is 0 Å². The lowest BCUT2D eigenvalue weighted by molar-refractivity contribution is -0.157. The van der Waals surface area contributed by atoms with E-state index in [1.807, 2.05) is 0 Å². The number of hydrogen-bond donors (Lipinski definition) is 2. The second-order valence-electron chi connectivity index (χ2n) is 3.24. The van der Waals surface area contributed by atoms with Crippen LogP contribution >= 0.6 is 0 Å². The Kier molecular flexibility index (Phi) is 3.09. The molecule has 2 N–H and O–H groups in total. The summed E-state index contributed by atoms with van der Waals surface area (Å²) >= 11 is 0. The Balaban J connectivity index is 3.35. The van der Waals surface area contributed by atoms with Gasteiger partial charge in [-0.15, -0.1) is 0 Å². The van der Waals surface area contributed by atoms with E-state index in [4.69, 9.17) is 10.2 Å². The van der Waals surface area contributed by atoms with Crippen molar-refractivity contribution in [3.63, 3.8) is 0 Å². The normalized spacial score (nSPS) is 11.0. The molecule has 0 amide bonds. The van der Waals surface area contributed by atoms with E-state index in [9.17, 15) is 9.59 Å². The fourth-order valence-electron chi connectivity index (χ4n) is 1.57. The lowest BCUT2D eigenvalue weighted by atomic mass is 9.78. The van der Waals surface area contributed by atoms with E-state index in [1.54, 1.807) is 25.1 Å². The molecule has 4 nitrogen and oxygen atoms in total. The molecule has 0 aliphatic rings. The van der Waals surface area contributed by atoms with Gasteiger partial charge in [0, 0.05) is 0 Å². The second-order valence-corrected chi connectivity index (χ2v) is 3.24. The maximum atomic E-state index is 11.1. The Labute approximate surface area is 87.2 Å². The van der Waals surface area contributed by atoms with E-state index in [0.717, 1.165) is 0 Å². The minimum absolute atomic E-state index is 0.0156. The first kappa shape index (κ1) is 11.2. The van der Waals surface area contributed by atoms with Crippen LogP contribution in [-0.2, 0) is 15.0 Å². The van der Waals surface area contributed by atoms with Gasteiger partial charge in [-0.05, 0) is 12.0 Å². The molecule has 15 heavy (non-hydrogen) atoms. The third-order valence-electron chi connectivity index (χ3n) is 2.53. The molecule has 0 saturated carbocycles. The highest BCUT2D eigenvalue weighted by Gasteiger charge is 2.46. The number of carboxylic acids is 2. The first-order chi connectivity index (χ1) is 7.05. The fourth-order valence-corrected chi connectivity index (χ4v) is 1.57. The summed E-state index contributed by atoms with van der Waals surface area (Å²) < 4.78 is 0. The molecule has 0 aliphatic heterocycles. The van der Waals surface area contributed by atoms with E-state index in [2.05, 4.69) is 0 Å². The topological polar surface area (TPSA) is 74.6 Å². The lowest BCUT2D eigenvalue weighted by Gasteiger charge is -2.23. The average molecular weight is 208 g/mol. The fraction of sp³-hybridized carbons (Fsp3) is 0.273. The zero-order chi connectivity index (χ0) is 11.5. The highest BCUT2D eigenvalue weighted by atomic mass is 16.4. The molecule has 0 spiro atoms. The highest BCUT2D eigenvalue weighted by molar-refractivity contribution is 6.04. The Morgan fingerprint density at radius 3 is 1.93 bits per heavy atom. The summed E-state index contributed by atoms with van der Waals surface area (Å²) in [6, 6.07) is 8.02. The first-order valence-electron chi connectivity index (χ1n) is 4.58. The highest BCUT2D eigenvalue weighted by Crippen LogP contribution is 2.28. The monoisotopic (exact) mass is 208 g/mol. The first-order valence-corrected chi connectivity index (χ1v) is 4.58. The third-order valence-corrected chi connectivity index (χ3v) is 2.53. The molecule has 0 atom stereocenters. The standard InChI is InChI=1S/C11H12O4/c1-2-11(9(12)13,10(14)15)8-6-4-3-5-7-8/h3-7H,2H2,1H3,(H,12,13)(H,14,15). The number of carbonyl (C=O) groups is 2. The van der Waals surface area contributed by atoms with Gasteiger partial charge in [0.05, 0.1) is 0 Å². The Bertz CT molecular complexity index is 355. The van der Waals surface area contributed by atoms with Crippen molar-refractivity contribution >= 4 is 11.9 Å². The van der Waals surface area contributed by atoms with Crippen LogP contribution in [0.5, 0.6) is 0 Å². The van der Waals surface area contributed by atoms with Crippen molar-refractivity contribution in [3.05, 3.63) is 35.9 Å². The largest absolute Gasteiger partial charge is 0.480 e. The van der Waals surface area contributed by atoms with Gasteiger partial charge in [-0.25, -0.2) is 0 Å². The molecule has 0 unspecified atom stereocenters. The summed E-state index contributed by atoms with van der Waals surface area (Å²) in [5, 5.41) is 18.1. The van der Waals surface area contributed by atoms with Gasteiger partial charge in [0.15, 0.2) is 5.41 Å². The summed E-state index contributed by atoms with van der Waals surface area (Å²) in [6.45, 7) is 1.55. The molecule has 0 bridgehead atoms. The van der Waals surface area contributed by atoms with Crippen LogP contribution in [0.15, 0.2) is 30.3 Å². The maximum absolute atomic E-state index is 11.1. The summed E-state index contributed by atoms with van der Waals surface area (Å²) in [5.74, 6) is -2.66. The van der Waals surface area contributed by atoms with Crippen LogP contribution in [0, 0.1) is 0 Å². The van der Waals surface area contributed by atoms with Gasteiger partial charge < -0.3 is 10.2 Å². The molecular formula is C11H12O4. The molecule has 0 heterocycles. The molecule has 1 aromatic rings. The van der Waals surface area contributed by atoms with Crippen LogP contribution in [-0.4, -0.2) is 22.2 Å². The second kappa shape index (κ2) is 4.13. The van der Waals surface area contributed by atoms with E-state index in [0.29, 0.717) is 5.56 Å². The Morgan fingerprint density at radius 2 is 1.60 bits per heavy atom. The van der Waals surface area contributed by atoms with Crippen molar-refractivity contribution in [1.82, 2.24) is 0 Å². The summed E-state index contributed by atoms with van der Waals surface area (Å²) in [4.78, 5) is 22.2. The van der Waals surface area contributed by atoms with Gasteiger partial charge in [0.2, 0.25) is 0 Å². The molecule has 4 heteroatoms. The van der Waals surface area contributed by atoms with E-state index < -0.39 is 17.4 Å². The van der Waals surface area contributed by atoms with E-state index in [-0.39, 0.29) is 6.42 Å². The zero-order valence-electron chi connectivity index (χ0n) is 8.30. The number of aliphatic carboxylic acids is 2. The van der Waals surface area contributed by atoms with Crippen LogP contribution in [0.25, 0.3) is 0 Å². The molecule has 0 aromatic heterocycles. The van der Waals surface area contributed by atoms with E-state index >= 15 is 0 Å². The van der Waals surface area contributed by atoms with E-state index in [1.165, 1.54) is 12.1 Å². The molecule has 0 fully saturated rings. The molecule has 1 aromatic carbocycles. The van der Waals surface area contributed by atoms with Gasteiger partial charge in [0.25, 0.3) is 0 Å². The number of carboxylic acid groups (broad SMARTS) is 2. The summed E-state index contributed by atoms with van der Waals surface area (Å²) in [5.41, 5.74) is -1.53. The average Bonchev–Trinajstić information content (AvgIpc) is 2.20. The minimum Gasteiger partial charge on any atom is -0.480 e. The zero-order valence-corrected chi connectivity index (χ0v) is 8.30. The predicted molar refractivity (Wildman–Crippen MR) is 53.7 cm³/mol. The van der Waals surface area contributed by atoms with Crippen molar-refractivity contribution in [1.29, 1.82) is 0 Å². The van der Waals surface area contributed by atoms with Crippen molar-refractivity contribution < 1.29 is 19.8 Å². The molecule has 0 radical (unpaired) electrons. The maximum Gasteiger partial charge on any atom is 0.325 e. The summed E-state index contributed by atoms with van der Waals surface area (Å²) in [6.07, 6.45) is 0.0156. The van der Waals surface area contributed by atoms with Crippen molar-refractivity contribution in [2.24, 2.45) is 0 Å². The van der Waals surface area contributed by atoms with Gasteiger partial charge in [-0.3, -0.25) is 9.59 Å². The predicted octanol–water partition coefficient (Wildman–Crippen LogP) is 1.50. The van der Waals surface area contributed by atoms with Gasteiger partial charge in [-0.1, -0.05) is 37.3 Å². The SMILES string of the molecule is CCC(C(=O)O)(C(=O)O)c1ccccc1. The minimum atomic E-state index is -1.83. The van der Waals surface area contributed by atoms with Crippen LogP contribution in [0.3, 0.4) is 0 Å². The lowest BCUT2D eigenvalue weighted by Crippen LogP contribution is -2.43. The Morgan fingerprint density at radius 1 is 1.13 bits per heavy atom. The molecule has 0 saturated heterocycles. The van der Waals surface area contributed by atoms with Crippen molar-refractivity contribution in [3.8, 4) is 0 Å².